The zero-order chi connectivity index (χ0) is 18.7. The molecule has 1 aliphatic carbocycles. The third-order valence-electron chi connectivity index (χ3n) is 4.73. The van der Waals surface area contributed by atoms with E-state index in [-0.39, 0.29) is 12.0 Å². The van der Waals surface area contributed by atoms with Gasteiger partial charge >= 0.3 is 5.97 Å². The highest BCUT2D eigenvalue weighted by atomic mass is 32.1. The fraction of sp³-hybridized carbons (Fsp3) is 0.400. The second kappa shape index (κ2) is 8.18. The molecule has 2 aromatic rings. The van der Waals surface area contributed by atoms with Crippen molar-refractivity contribution in [1.82, 2.24) is 5.32 Å². The summed E-state index contributed by atoms with van der Waals surface area (Å²) in [6.07, 6.45) is 3.96. The molecule has 0 amide bonds. The van der Waals surface area contributed by atoms with Crippen molar-refractivity contribution < 1.29 is 9.53 Å². The van der Waals surface area contributed by atoms with E-state index in [1.807, 2.05) is 0 Å². The molecule has 1 unspecified atom stereocenters. The van der Waals surface area contributed by atoms with Crippen molar-refractivity contribution in [3.63, 3.8) is 0 Å². The molecule has 0 bridgehead atoms. The summed E-state index contributed by atoms with van der Waals surface area (Å²) in [6, 6.07) is 8.59. The van der Waals surface area contributed by atoms with E-state index in [0.717, 1.165) is 36.2 Å². The fourth-order valence-electron chi connectivity index (χ4n) is 3.33. The number of carbonyl (C=O) groups excluding carboxylic acids is 1. The van der Waals surface area contributed by atoms with Crippen molar-refractivity contribution in [2.45, 2.75) is 45.6 Å². The number of hydrogen-bond acceptors (Lipinski definition) is 4. The van der Waals surface area contributed by atoms with Crippen LogP contribution in [0.15, 0.2) is 24.3 Å². The average Bonchev–Trinajstić information content (AvgIpc) is 3.20. The number of aryl methyl sites for hydroxylation is 2. The van der Waals surface area contributed by atoms with E-state index in [1.165, 1.54) is 23.1 Å². The number of esters is 1. The van der Waals surface area contributed by atoms with Crippen LogP contribution in [0.2, 0.25) is 0 Å². The molecule has 1 aliphatic rings. The lowest BCUT2D eigenvalue weighted by atomic mass is 10.0. The largest absolute Gasteiger partial charge is 0.465 e. The molecule has 6 heteroatoms. The van der Waals surface area contributed by atoms with Gasteiger partial charge in [0, 0.05) is 4.88 Å². The van der Waals surface area contributed by atoms with Gasteiger partial charge in [0.1, 0.15) is 5.00 Å². The number of fused-ring (bicyclic) bond motifs is 1. The van der Waals surface area contributed by atoms with Crippen LogP contribution in [0.1, 0.15) is 57.7 Å². The molecule has 0 saturated heterocycles. The van der Waals surface area contributed by atoms with Gasteiger partial charge in [0.2, 0.25) is 0 Å². The highest BCUT2D eigenvalue weighted by molar-refractivity contribution is 7.80. The predicted molar refractivity (Wildman–Crippen MR) is 111 cm³/mol. The van der Waals surface area contributed by atoms with Crippen LogP contribution in [-0.4, -0.2) is 18.2 Å². The molecule has 1 heterocycles. The summed E-state index contributed by atoms with van der Waals surface area (Å²) in [4.78, 5) is 13.5. The first-order valence-electron chi connectivity index (χ1n) is 8.90. The number of hydrogen-bond donors (Lipinski definition) is 2. The van der Waals surface area contributed by atoms with Gasteiger partial charge in [0.05, 0.1) is 18.7 Å². The molecular formula is C20H24N2O2S2. The first-order chi connectivity index (χ1) is 12.5. The smallest absolute Gasteiger partial charge is 0.341 e. The molecule has 138 valence electrons. The number of ether oxygens (including phenoxy) is 1. The number of methoxy groups -OCH3 is 1. The second-order valence-corrected chi connectivity index (χ2v) is 8.04. The maximum absolute atomic E-state index is 12.2. The zero-order valence-electron chi connectivity index (χ0n) is 15.3. The monoisotopic (exact) mass is 388 g/mol. The minimum Gasteiger partial charge on any atom is -0.465 e. The van der Waals surface area contributed by atoms with E-state index in [0.29, 0.717) is 10.7 Å². The number of rotatable bonds is 5. The molecule has 1 atom stereocenters. The van der Waals surface area contributed by atoms with Gasteiger partial charge in [-0.2, -0.15) is 0 Å². The Labute approximate surface area is 164 Å². The predicted octanol–water partition coefficient (Wildman–Crippen LogP) is 4.77. The van der Waals surface area contributed by atoms with Crippen LogP contribution in [-0.2, 0) is 17.6 Å². The SMILES string of the molecule is CCC(NC(=S)Nc1sc2c(c1C(=O)OC)CCC2)c1ccc(C)cc1. The fourth-order valence-corrected chi connectivity index (χ4v) is 4.92. The van der Waals surface area contributed by atoms with Gasteiger partial charge in [-0.3, -0.25) is 0 Å². The van der Waals surface area contributed by atoms with Gasteiger partial charge in [0.15, 0.2) is 5.11 Å². The minimum atomic E-state index is -0.291. The van der Waals surface area contributed by atoms with E-state index in [2.05, 4.69) is 48.7 Å². The first-order valence-corrected chi connectivity index (χ1v) is 10.1. The molecule has 4 nitrogen and oxygen atoms in total. The van der Waals surface area contributed by atoms with E-state index >= 15 is 0 Å². The van der Waals surface area contributed by atoms with Gasteiger partial charge in [-0.05, 0) is 56.0 Å². The minimum absolute atomic E-state index is 0.129. The summed E-state index contributed by atoms with van der Waals surface area (Å²) < 4.78 is 4.99. The van der Waals surface area contributed by atoms with Crippen molar-refractivity contribution in [2.24, 2.45) is 0 Å². The van der Waals surface area contributed by atoms with Gasteiger partial charge < -0.3 is 15.4 Å². The quantitative estimate of drug-likeness (QED) is 0.571. The van der Waals surface area contributed by atoms with Crippen LogP contribution in [0.5, 0.6) is 0 Å². The standard InChI is InChI=1S/C20H24N2O2S2/c1-4-15(13-10-8-12(2)9-11-13)21-20(25)22-18-17(19(23)24-3)14-6-5-7-16(14)26-18/h8-11,15H,4-7H2,1-3H3,(H2,21,22,25). The molecule has 26 heavy (non-hydrogen) atoms. The molecule has 0 fully saturated rings. The Bertz CT molecular complexity index is 812. The molecule has 0 radical (unpaired) electrons. The number of thiophene rings is 1. The van der Waals surface area contributed by atoms with Crippen molar-refractivity contribution in [3.8, 4) is 0 Å². The Morgan fingerprint density at radius 1 is 1.31 bits per heavy atom. The molecule has 0 spiro atoms. The molecule has 1 aromatic heterocycles. The number of thiocarbonyl (C=S) groups is 1. The summed E-state index contributed by atoms with van der Waals surface area (Å²) in [5, 5.41) is 7.93. The van der Waals surface area contributed by atoms with Crippen LogP contribution in [0.4, 0.5) is 5.00 Å². The van der Waals surface area contributed by atoms with Crippen molar-refractivity contribution in [1.29, 1.82) is 0 Å². The third-order valence-corrected chi connectivity index (χ3v) is 6.16. The lowest BCUT2D eigenvalue weighted by molar-refractivity contribution is 0.0601. The lowest BCUT2D eigenvalue weighted by Crippen LogP contribution is -2.32. The third kappa shape index (κ3) is 3.91. The molecular weight excluding hydrogens is 364 g/mol. The summed E-state index contributed by atoms with van der Waals surface area (Å²) >= 11 is 7.14. The Morgan fingerprint density at radius 2 is 2.04 bits per heavy atom. The second-order valence-electron chi connectivity index (χ2n) is 6.52. The number of anilines is 1. The highest BCUT2D eigenvalue weighted by Crippen LogP contribution is 2.39. The van der Waals surface area contributed by atoms with Gasteiger partial charge in [-0.15, -0.1) is 11.3 Å². The Balaban J connectivity index is 1.75. The molecule has 1 aromatic carbocycles. The van der Waals surface area contributed by atoms with Crippen molar-refractivity contribution >= 4 is 39.6 Å². The van der Waals surface area contributed by atoms with Crippen LogP contribution in [0.25, 0.3) is 0 Å². The maximum Gasteiger partial charge on any atom is 0.341 e. The van der Waals surface area contributed by atoms with E-state index in [9.17, 15) is 4.79 Å². The zero-order valence-corrected chi connectivity index (χ0v) is 17.0. The Morgan fingerprint density at radius 3 is 2.69 bits per heavy atom. The summed E-state index contributed by atoms with van der Waals surface area (Å²) in [7, 11) is 1.42. The number of nitrogens with one attached hydrogen (secondary N) is 2. The lowest BCUT2D eigenvalue weighted by Gasteiger charge is -2.20. The van der Waals surface area contributed by atoms with Crippen molar-refractivity contribution in [2.75, 3.05) is 12.4 Å². The summed E-state index contributed by atoms with van der Waals surface area (Å²) in [5.74, 6) is -0.291. The van der Waals surface area contributed by atoms with Crippen LogP contribution in [0, 0.1) is 6.92 Å². The molecule has 0 saturated carbocycles. The van der Waals surface area contributed by atoms with Crippen LogP contribution >= 0.6 is 23.6 Å². The average molecular weight is 389 g/mol. The maximum atomic E-state index is 12.2. The van der Waals surface area contributed by atoms with Crippen LogP contribution < -0.4 is 10.6 Å². The van der Waals surface area contributed by atoms with E-state index in [4.69, 9.17) is 17.0 Å². The summed E-state index contributed by atoms with van der Waals surface area (Å²) in [5.41, 5.74) is 4.21. The number of carbonyl (C=O) groups is 1. The number of benzene rings is 1. The van der Waals surface area contributed by atoms with Gasteiger partial charge in [0.25, 0.3) is 0 Å². The van der Waals surface area contributed by atoms with Gasteiger partial charge in [-0.1, -0.05) is 36.8 Å². The molecule has 0 aliphatic heterocycles. The Hall–Kier alpha value is -1.92. The first kappa shape index (κ1) is 18.9. The Kier molecular flexibility index (Phi) is 5.94. The van der Waals surface area contributed by atoms with E-state index in [1.54, 1.807) is 11.3 Å². The molecule has 2 N–H and O–H groups in total. The van der Waals surface area contributed by atoms with Gasteiger partial charge in [-0.25, -0.2) is 4.79 Å². The highest BCUT2D eigenvalue weighted by Gasteiger charge is 2.27. The summed E-state index contributed by atoms with van der Waals surface area (Å²) in [6.45, 7) is 4.20. The normalized spacial score (nSPS) is 13.8. The topological polar surface area (TPSA) is 50.4 Å². The molecule has 3 rings (SSSR count). The van der Waals surface area contributed by atoms with Crippen molar-refractivity contribution in [3.05, 3.63) is 51.4 Å². The van der Waals surface area contributed by atoms with E-state index < -0.39 is 0 Å². The van der Waals surface area contributed by atoms with Crippen LogP contribution in [0.3, 0.4) is 0 Å².